The molecule has 0 aliphatic carbocycles. The molecule has 1 aromatic heterocycles. The zero-order chi connectivity index (χ0) is 12.1. The molecule has 2 atom stereocenters. The molecule has 0 aromatic carbocycles. The van der Waals surface area contributed by atoms with Crippen LogP contribution in [0, 0.1) is 0 Å². The number of anilines is 1. The average Bonchev–Trinajstić information content (AvgIpc) is 2.29. The lowest BCUT2D eigenvalue weighted by atomic mass is 10.1. The number of rotatable bonds is 5. The first-order chi connectivity index (χ1) is 7.60. The van der Waals surface area contributed by atoms with E-state index in [4.69, 9.17) is 10.5 Å². The molecule has 0 amide bonds. The largest absolute Gasteiger partial charge is 0.478 e. The van der Waals surface area contributed by atoms with E-state index in [0.29, 0.717) is 0 Å². The summed E-state index contributed by atoms with van der Waals surface area (Å²) in [4.78, 5) is 7.76. The van der Waals surface area contributed by atoms with Crippen LogP contribution >= 0.6 is 0 Å². The molecule has 1 heterocycles. The van der Waals surface area contributed by atoms with Gasteiger partial charge < -0.3 is 26.0 Å². The van der Waals surface area contributed by atoms with E-state index in [1.54, 1.807) is 7.05 Å². The second-order valence-corrected chi connectivity index (χ2v) is 3.26. The van der Waals surface area contributed by atoms with Crippen molar-refractivity contribution in [3.05, 3.63) is 11.9 Å². The number of likely N-dealkylation sites (N-methyl/N-ethyl adjacent to an activating group) is 1. The van der Waals surface area contributed by atoms with Gasteiger partial charge in [-0.15, -0.1) is 0 Å². The molecule has 0 radical (unpaired) electrons. The van der Waals surface area contributed by atoms with E-state index in [9.17, 15) is 10.2 Å². The van der Waals surface area contributed by atoms with Crippen LogP contribution < -0.4 is 15.8 Å². The lowest BCUT2D eigenvalue weighted by Crippen LogP contribution is -2.30. The van der Waals surface area contributed by atoms with Gasteiger partial charge in [0.15, 0.2) is 5.82 Å². The van der Waals surface area contributed by atoms with Crippen LogP contribution in [0.5, 0.6) is 5.88 Å². The van der Waals surface area contributed by atoms with Crippen molar-refractivity contribution in [2.45, 2.75) is 12.2 Å². The minimum atomic E-state index is -1.13. The third-order valence-electron chi connectivity index (χ3n) is 2.06. The number of nitrogens with two attached hydrogens (primary N) is 1. The van der Waals surface area contributed by atoms with Gasteiger partial charge in [0.2, 0.25) is 0 Å². The van der Waals surface area contributed by atoms with Gasteiger partial charge in [-0.3, -0.25) is 0 Å². The van der Waals surface area contributed by atoms with Crippen LogP contribution in [0.25, 0.3) is 0 Å². The van der Waals surface area contributed by atoms with E-state index in [0.717, 1.165) is 0 Å². The van der Waals surface area contributed by atoms with Gasteiger partial charge in [0.05, 0.1) is 25.1 Å². The van der Waals surface area contributed by atoms with Crippen LogP contribution in [-0.2, 0) is 0 Å². The Hall–Kier alpha value is -1.44. The summed E-state index contributed by atoms with van der Waals surface area (Å²) in [5, 5.41) is 22.0. The standard InChI is InChI=1S/C9H16N4O3/c1-11-4-6(14)7(15)5-3-12-8(10)9(13-5)16-2/h3,6-7,11,14-15H,4H2,1-2H3,(H2,10,12). The van der Waals surface area contributed by atoms with Crippen molar-refractivity contribution < 1.29 is 14.9 Å². The first-order valence-electron chi connectivity index (χ1n) is 4.77. The summed E-state index contributed by atoms with van der Waals surface area (Å²) < 4.78 is 4.87. The van der Waals surface area contributed by atoms with Gasteiger partial charge in [-0.05, 0) is 7.05 Å². The predicted molar refractivity (Wildman–Crippen MR) is 57.9 cm³/mol. The Morgan fingerprint density at radius 3 is 2.81 bits per heavy atom. The molecule has 0 fully saturated rings. The maximum atomic E-state index is 9.74. The zero-order valence-corrected chi connectivity index (χ0v) is 9.21. The van der Waals surface area contributed by atoms with Crippen LogP contribution in [0.4, 0.5) is 5.82 Å². The van der Waals surface area contributed by atoms with E-state index in [-0.39, 0.29) is 23.9 Å². The average molecular weight is 228 g/mol. The van der Waals surface area contributed by atoms with E-state index < -0.39 is 12.2 Å². The molecule has 16 heavy (non-hydrogen) atoms. The number of nitrogen functional groups attached to an aromatic ring is 1. The van der Waals surface area contributed by atoms with Crippen LogP contribution in [0.2, 0.25) is 0 Å². The van der Waals surface area contributed by atoms with E-state index >= 15 is 0 Å². The number of aliphatic hydroxyl groups excluding tert-OH is 2. The summed E-state index contributed by atoms with van der Waals surface area (Å²) in [7, 11) is 3.08. The normalized spacial score (nSPS) is 14.5. The smallest absolute Gasteiger partial charge is 0.257 e. The van der Waals surface area contributed by atoms with E-state index in [1.807, 2.05) is 0 Å². The number of aliphatic hydroxyl groups is 2. The monoisotopic (exact) mass is 228 g/mol. The number of hydrogen-bond donors (Lipinski definition) is 4. The molecule has 0 aliphatic heterocycles. The third kappa shape index (κ3) is 2.78. The molecule has 0 bridgehead atoms. The molecular formula is C9H16N4O3. The number of ether oxygens (including phenoxy) is 1. The summed E-state index contributed by atoms with van der Waals surface area (Å²) in [6, 6.07) is 0. The molecular weight excluding hydrogens is 212 g/mol. The summed E-state index contributed by atoms with van der Waals surface area (Å²) >= 11 is 0. The van der Waals surface area contributed by atoms with Gasteiger partial charge in [0, 0.05) is 6.54 Å². The van der Waals surface area contributed by atoms with Crippen molar-refractivity contribution in [2.75, 3.05) is 26.4 Å². The molecule has 1 rings (SSSR count). The van der Waals surface area contributed by atoms with E-state index in [1.165, 1.54) is 13.3 Å². The summed E-state index contributed by atoms with van der Waals surface area (Å²) in [6.07, 6.45) is -0.788. The third-order valence-corrected chi connectivity index (χ3v) is 2.06. The van der Waals surface area contributed by atoms with Gasteiger partial charge in [-0.2, -0.15) is 0 Å². The maximum absolute atomic E-state index is 9.74. The van der Waals surface area contributed by atoms with Crippen molar-refractivity contribution in [2.24, 2.45) is 0 Å². The molecule has 5 N–H and O–H groups in total. The number of methoxy groups -OCH3 is 1. The van der Waals surface area contributed by atoms with E-state index in [2.05, 4.69) is 15.3 Å². The van der Waals surface area contributed by atoms with Gasteiger partial charge in [-0.1, -0.05) is 0 Å². The zero-order valence-electron chi connectivity index (χ0n) is 9.21. The minimum Gasteiger partial charge on any atom is -0.478 e. The topological polar surface area (TPSA) is 114 Å². The summed E-state index contributed by atoms with van der Waals surface area (Å²) in [6.45, 7) is 0.246. The molecule has 0 spiro atoms. The highest BCUT2D eigenvalue weighted by molar-refractivity contribution is 5.40. The fourth-order valence-corrected chi connectivity index (χ4v) is 1.20. The predicted octanol–water partition coefficient (Wildman–Crippen LogP) is -1.32. The highest BCUT2D eigenvalue weighted by Gasteiger charge is 2.20. The summed E-state index contributed by atoms with van der Waals surface area (Å²) in [5.41, 5.74) is 5.70. The highest BCUT2D eigenvalue weighted by Crippen LogP contribution is 2.20. The fraction of sp³-hybridized carbons (Fsp3) is 0.556. The Balaban J connectivity index is 2.87. The lowest BCUT2D eigenvalue weighted by molar-refractivity contribution is 0.0172. The summed E-state index contributed by atoms with van der Waals surface area (Å²) in [5.74, 6) is 0.273. The molecule has 1 aromatic rings. The number of nitrogens with zero attached hydrogens (tertiary/aromatic N) is 2. The second-order valence-electron chi connectivity index (χ2n) is 3.26. The SMILES string of the molecule is CNCC(O)C(O)c1cnc(N)c(OC)n1. The Morgan fingerprint density at radius 2 is 2.25 bits per heavy atom. The quantitative estimate of drug-likeness (QED) is 0.494. The van der Waals surface area contributed by atoms with Crippen LogP contribution in [0.3, 0.4) is 0 Å². The van der Waals surface area contributed by atoms with Gasteiger partial charge >= 0.3 is 0 Å². The number of nitrogens with one attached hydrogen (secondary N) is 1. The van der Waals surface area contributed by atoms with Crippen molar-refractivity contribution in [1.29, 1.82) is 0 Å². The molecule has 0 aliphatic rings. The molecule has 0 saturated carbocycles. The minimum absolute atomic E-state index is 0.133. The van der Waals surface area contributed by atoms with Gasteiger partial charge in [0.25, 0.3) is 5.88 Å². The highest BCUT2D eigenvalue weighted by atomic mass is 16.5. The molecule has 7 nitrogen and oxygen atoms in total. The number of hydrogen-bond acceptors (Lipinski definition) is 7. The van der Waals surface area contributed by atoms with Crippen molar-refractivity contribution >= 4 is 5.82 Å². The molecule has 0 saturated heterocycles. The first kappa shape index (κ1) is 12.6. The molecule has 2 unspecified atom stereocenters. The Labute approximate surface area is 93.3 Å². The van der Waals surface area contributed by atoms with Crippen LogP contribution in [-0.4, -0.2) is 47.0 Å². The second kappa shape index (κ2) is 5.59. The van der Waals surface area contributed by atoms with Crippen LogP contribution in [0.15, 0.2) is 6.20 Å². The van der Waals surface area contributed by atoms with Crippen molar-refractivity contribution in [1.82, 2.24) is 15.3 Å². The maximum Gasteiger partial charge on any atom is 0.257 e. The molecule has 90 valence electrons. The van der Waals surface area contributed by atoms with Crippen molar-refractivity contribution in [3.63, 3.8) is 0 Å². The Kier molecular flexibility index (Phi) is 4.41. The first-order valence-corrected chi connectivity index (χ1v) is 4.77. The van der Waals surface area contributed by atoms with Crippen molar-refractivity contribution in [3.8, 4) is 5.88 Å². The Morgan fingerprint density at radius 1 is 1.56 bits per heavy atom. The number of aromatic nitrogens is 2. The van der Waals surface area contributed by atoms with Gasteiger partial charge in [-0.25, -0.2) is 9.97 Å². The fourth-order valence-electron chi connectivity index (χ4n) is 1.20. The van der Waals surface area contributed by atoms with Crippen LogP contribution in [0.1, 0.15) is 11.8 Å². The molecule has 7 heteroatoms. The lowest BCUT2D eigenvalue weighted by Gasteiger charge is -2.17. The van der Waals surface area contributed by atoms with Gasteiger partial charge in [0.1, 0.15) is 6.10 Å². The Bertz CT molecular complexity index is 348.